The van der Waals surface area contributed by atoms with E-state index >= 15 is 0 Å². The van der Waals surface area contributed by atoms with Gasteiger partial charge in [-0.2, -0.15) is 0 Å². The highest BCUT2D eigenvalue weighted by atomic mass is 32.2. The van der Waals surface area contributed by atoms with Gasteiger partial charge < -0.3 is 0 Å². The summed E-state index contributed by atoms with van der Waals surface area (Å²) in [6.45, 7) is 0. The topological polar surface area (TPSA) is 0 Å². The van der Waals surface area contributed by atoms with E-state index in [4.69, 9.17) is 0 Å². The zero-order chi connectivity index (χ0) is 3.28. The Bertz CT molecular complexity index is 93.1. The van der Waals surface area contributed by atoms with Crippen molar-refractivity contribution in [3.63, 3.8) is 0 Å². The highest BCUT2D eigenvalue weighted by molar-refractivity contribution is 8.31. The molecule has 26 valence electrons. The second-order valence-corrected chi connectivity index (χ2v) is 3.56. The Morgan fingerprint density at radius 2 is 2.60 bits per heavy atom. The molecule has 2 aliphatic heterocycles. The first-order chi connectivity index (χ1) is 2.47. The van der Waals surface area contributed by atoms with Gasteiger partial charge >= 0.3 is 0 Å². The maximum atomic E-state index is 2.22. The molecule has 0 aromatic carbocycles. The lowest BCUT2D eigenvalue weighted by Crippen LogP contribution is -1.72. The predicted octanol–water partition coefficient (Wildman–Crippen LogP) is 1.65. The van der Waals surface area contributed by atoms with Gasteiger partial charge in [0.25, 0.3) is 0 Å². The molecule has 0 spiro atoms. The van der Waals surface area contributed by atoms with Crippen molar-refractivity contribution in [1.29, 1.82) is 0 Å². The number of hydrogen-bond donors (Lipinski definition) is 0. The van der Waals surface area contributed by atoms with Crippen LogP contribution in [0, 0.1) is 0 Å². The largest absolute Gasteiger partial charge is 0.113 e. The van der Waals surface area contributed by atoms with Crippen LogP contribution in [0.3, 0.4) is 0 Å². The molecule has 1 fully saturated rings. The van der Waals surface area contributed by atoms with Crippen LogP contribution in [0.1, 0.15) is 0 Å². The number of thioether (sulfide) groups is 2. The molecule has 0 radical (unpaired) electrons. The van der Waals surface area contributed by atoms with Gasteiger partial charge in [0, 0.05) is 4.91 Å². The van der Waals surface area contributed by atoms with Gasteiger partial charge in [-0.1, -0.05) is 0 Å². The second-order valence-electron chi connectivity index (χ2n) is 1.11. The molecule has 1 unspecified atom stereocenters. The summed E-state index contributed by atoms with van der Waals surface area (Å²) >= 11 is 3.92. The van der Waals surface area contributed by atoms with Crippen molar-refractivity contribution in [1.82, 2.24) is 0 Å². The molecule has 5 heavy (non-hydrogen) atoms. The first-order valence-corrected chi connectivity index (χ1v) is 3.31. The van der Waals surface area contributed by atoms with Crippen LogP contribution in [-0.2, 0) is 0 Å². The van der Waals surface area contributed by atoms with Crippen LogP contribution in [-0.4, -0.2) is 4.58 Å². The maximum Gasteiger partial charge on any atom is 0.0901 e. The van der Waals surface area contributed by atoms with Gasteiger partial charge in [-0.25, -0.2) is 0 Å². The molecule has 0 saturated carbocycles. The van der Waals surface area contributed by atoms with Gasteiger partial charge in [0.15, 0.2) is 0 Å². The standard InChI is InChI=1S/C3H2S2/c1-2-3(4-1)5-2/h1,3H. The van der Waals surface area contributed by atoms with Gasteiger partial charge in [-0.3, -0.25) is 0 Å². The zero-order valence-corrected chi connectivity index (χ0v) is 4.10. The highest BCUT2D eigenvalue weighted by Crippen LogP contribution is 2.62. The van der Waals surface area contributed by atoms with E-state index in [1.54, 1.807) is 4.91 Å². The molecular weight excluding hydrogens is 100 g/mol. The monoisotopic (exact) mass is 102 g/mol. The first kappa shape index (κ1) is 2.59. The molecule has 2 heteroatoms. The Kier molecular flexibility index (Phi) is 0.305. The molecule has 0 amide bonds. The third kappa shape index (κ3) is 0.202. The van der Waals surface area contributed by atoms with E-state index in [0.29, 0.717) is 0 Å². The molecular formula is C3H2S2. The minimum absolute atomic E-state index is 0.926. The van der Waals surface area contributed by atoms with Crippen molar-refractivity contribution in [3.05, 3.63) is 10.3 Å². The summed E-state index contributed by atoms with van der Waals surface area (Å²) in [4.78, 5) is 1.61. The smallest absolute Gasteiger partial charge is 0.0901 e. The Hall–Kier alpha value is 0.440. The van der Waals surface area contributed by atoms with Crippen LogP contribution in [0.25, 0.3) is 0 Å². The Balaban J connectivity index is 2.58. The molecule has 2 rings (SSSR count). The molecule has 0 N–H and O–H groups in total. The predicted molar refractivity (Wildman–Crippen MR) is 27.1 cm³/mol. The van der Waals surface area contributed by atoms with Crippen molar-refractivity contribution >= 4 is 23.5 Å². The molecule has 1 atom stereocenters. The van der Waals surface area contributed by atoms with Crippen molar-refractivity contribution in [2.45, 2.75) is 4.58 Å². The molecule has 1 saturated heterocycles. The fourth-order valence-corrected chi connectivity index (χ4v) is 2.31. The fraction of sp³-hybridized carbons (Fsp3) is 0.333. The first-order valence-electron chi connectivity index (χ1n) is 1.49. The van der Waals surface area contributed by atoms with Crippen molar-refractivity contribution in [3.8, 4) is 0 Å². The zero-order valence-electron chi connectivity index (χ0n) is 2.47. The third-order valence-electron chi connectivity index (χ3n) is 0.726. The van der Waals surface area contributed by atoms with Gasteiger partial charge in [-0.15, -0.1) is 23.5 Å². The van der Waals surface area contributed by atoms with Crippen LogP contribution in [0.15, 0.2) is 10.3 Å². The summed E-state index contributed by atoms with van der Waals surface area (Å²) in [5.41, 5.74) is 0. The van der Waals surface area contributed by atoms with Gasteiger partial charge in [0.1, 0.15) is 0 Å². The molecule has 0 nitrogen and oxygen atoms in total. The van der Waals surface area contributed by atoms with E-state index in [0.717, 1.165) is 4.58 Å². The van der Waals surface area contributed by atoms with E-state index in [9.17, 15) is 0 Å². The van der Waals surface area contributed by atoms with Crippen LogP contribution >= 0.6 is 23.5 Å². The second kappa shape index (κ2) is 0.590. The minimum atomic E-state index is 0.926. The van der Waals surface area contributed by atoms with Gasteiger partial charge in [-0.05, 0) is 5.41 Å². The Morgan fingerprint density at radius 1 is 1.80 bits per heavy atom. The van der Waals surface area contributed by atoms with E-state index in [2.05, 4.69) is 5.41 Å². The summed E-state index contributed by atoms with van der Waals surface area (Å²) in [6.07, 6.45) is 0. The molecule has 0 bridgehead atoms. The summed E-state index contributed by atoms with van der Waals surface area (Å²) in [5.74, 6) is 0. The van der Waals surface area contributed by atoms with E-state index in [1.807, 2.05) is 23.5 Å². The average molecular weight is 102 g/mol. The van der Waals surface area contributed by atoms with E-state index < -0.39 is 0 Å². The average Bonchev–Trinajstić information content (AvgIpc) is 1.74. The SMILES string of the molecule is C1=C2SC2S1. The fourth-order valence-electron chi connectivity index (χ4n) is 0.324. The molecule has 0 aromatic rings. The quantitative estimate of drug-likeness (QED) is 0.426. The molecule has 0 aromatic heterocycles. The minimum Gasteiger partial charge on any atom is -0.113 e. The number of rotatable bonds is 0. The van der Waals surface area contributed by atoms with E-state index in [1.165, 1.54) is 0 Å². The summed E-state index contributed by atoms with van der Waals surface area (Å²) < 4.78 is 0.926. The van der Waals surface area contributed by atoms with Crippen molar-refractivity contribution in [2.24, 2.45) is 0 Å². The third-order valence-corrected chi connectivity index (χ3v) is 3.38. The Morgan fingerprint density at radius 3 is 2.60 bits per heavy atom. The molecule has 0 aliphatic carbocycles. The number of fused-ring (bicyclic) bond motifs is 1. The lowest BCUT2D eigenvalue weighted by Gasteiger charge is -1.88. The van der Waals surface area contributed by atoms with Crippen molar-refractivity contribution in [2.75, 3.05) is 0 Å². The summed E-state index contributed by atoms with van der Waals surface area (Å²) in [6, 6.07) is 0. The normalized spacial score (nSPS) is 41.6. The molecule has 2 heterocycles. The van der Waals surface area contributed by atoms with Crippen molar-refractivity contribution < 1.29 is 0 Å². The summed E-state index contributed by atoms with van der Waals surface area (Å²) in [7, 11) is 0. The van der Waals surface area contributed by atoms with Gasteiger partial charge in [0.2, 0.25) is 0 Å². The highest BCUT2D eigenvalue weighted by Gasteiger charge is 2.38. The van der Waals surface area contributed by atoms with Crippen LogP contribution < -0.4 is 0 Å². The van der Waals surface area contributed by atoms with Crippen LogP contribution in [0.2, 0.25) is 0 Å². The Labute approximate surface area is 39.0 Å². The maximum absolute atomic E-state index is 2.22. The lowest BCUT2D eigenvalue weighted by atomic mass is 10.7. The number of hydrogen-bond acceptors (Lipinski definition) is 2. The molecule has 2 aliphatic rings. The van der Waals surface area contributed by atoms with Crippen LogP contribution in [0.4, 0.5) is 0 Å². The summed E-state index contributed by atoms with van der Waals surface area (Å²) in [5, 5.41) is 2.22. The van der Waals surface area contributed by atoms with Gasteiger partial charge in [0.05, 0.1) is 4.58 Å². The van der Waals surface area contributed by atoms with E-state index in [-0.39, 0.29) is 0 Å². The lowest BCUT2D eigenvalue weighted by molar-refractivity contribution is 1.74. The van der Waals surface area contributed by atoms with Crippen LogP contribution in [0.5, 0.6) is 0 Å².